The van der Waals surface area contributed by atoms with E-state index in [4.69, 9.17) is 9.05 Å². The molecule has 0 aliphatic carbocycles. The summed E-state index contributed by atoms with van der Waals surface area (Å²) >= 11 is 0. The van der Waals surface area contributed by atoms with Gasteiger partial charge in [-0.2, -0.15) is 9.97 Å². The van der Waals surface area contributed by atoms with Gasteiger partial charge in [0.05, 0.1) is 13.1 Å². The van der Waals surface area contributed by atoms with E-state index in [0.29, 0.717) is 24.2 Å². The second-order valence-corrected chi connectivity index (χ2v) is 6.16. The molecule has 1 aliphatic heterocycles. The highest BCUT2D eigenvalue weighted by molar-refractivity contribution is 5.53. The summed E-state index contributed by atoms with van der Waals surface area (Å²) in [4.78, 5) is 13.4. The monoisotopic (exact) mass is 340 g/mol. The van der Waals surface area contributed by atoms with Gasteiger partial charge in [-0.05, 0) is 0 Å². The molecule has 0 atom stereocenters. The highest BCUT2D eigenvalue weighted by Crippen LogP contribution is 2.16. The summed E-state index contributed by atoms with van der Waals surface area (Å²) < 4.78 is 10.4. The Bertz CT molecular complexity index is 807. The zero-order valence-electron chi connectivity index (χ0n) is 14.1. The van der Waals surface area contributed by atoms with Gasteiger partial charge in [-0.1, -0.05) is 40.6 Å². The molecule has 0 spiro atoms. The van der Waals surface area contributed by atoms with E-state index in [1.807, 2.05) is 37.3 Å². The van der Waals surface area contributed by atoms with Crippen molar-refractivity contribution in [1.29, 1.82) is 0 Å². The standard InChI is InChI=1S/C17H20N6O2/c1-13-18-15(20-24-13)11-22-7-9-23(10-8-22)12-16-19-17(21-25-16)14-5-3-2-4-6-14/h2-6H,7-12H2,1H3. The molecule has 25 heavy (non-hydrogen) atoms. The van der Waals surface area contributed by atoms with E-state index in [0.717, 1.165) is 44.1 Å². The number of aryl methyl sites for hydroxylation is 1. The Morgan fingerprint density at radius 1 is 0.880 bits per heavy atom. The van der Waals surface area contributed by atoms with Crippen molar-refractivity contribution in [3.05, 3.63) is 47.9 Å². The molecule has 1 aromatic carbocycles. The predicted octanol–water partition coefficient (Wildman–Crippen LogP) is 1.75. The first-order valence-corrected chi connectivity index (χ1v) is 8.38. The number of benzene rings is 1. The second-order valence-electron chi connectivity index (χ2n) is 6.16. The van der Waals surface area contributed by atoms with Gasteiger partial charge in [0.2, 0.25) is 17.6 Å². The highest BCUT2D eigenvalue weighted by Gasteiger charge is 2.20. The number of rotatable bonds is 5. The summed E-state index contributed by atoms with van der Waals surface area (Å²) in [6.45, 7) is 7.00. The lowest BCUT2D eigenvalue weighted by molar-refractivity contribution is 0.109. The summed E-state index contributed by atoms with van der Waals surface area (Å²) in [6.07, 6.45) is 0. The molecular weight excluding hydrogens is 320 g/mol. The van der Waals surface area contributed by atoms with Gasteiger partial charge in [-0.15, -0.1) is 0 Å². The van der Waals surface area contributed by atoms with Gasteiger partial charge in [-0.25, -0.2) is 0 Å². The van der Waals surface area contributed by atoms with Gasteiger partial charge < -0.3 is 9.05 Å². The molecule has 3 aromatic rings. The lowest BCUT2D eigenvalue weighted by Crippen LogP contribution is -2.45. The molecule has 1 fully saturated rings. The summed E-state index contributed by atoms with van der Waals surface area (Å²) in [5.74, 6) is 2.65. The van der Waals surface area contributed by atoms with Crippen LogP contribution in [0.25, 0.3) is 11.4 Å². The summed E-state index contributed by atoms with van der Waals surface area (Å²) in [6, 6.07) is 9.87. The zero-order valence-corrected chi connectivity index (χ0v) is 14.1. The van der Waals surface area contributed by atoms with Crippen LogP contribution in [0.5, 0.6) is 0 Å². The minimum Gasteiger partial charge on any atom is -0.340 e. The van der Waals surface area contributed by atoms with Gasteiger partial charge in [0, 0.05) is 38.7 Å². The first-order chi connectivity index (χ1) is 12.3. The van der Waals surface area contributed by atoms with Gasteiger partial charge in [-0.3, -0.25) is 9.80 Å². The average molecular weight is 340 g/mol. The van der Waals surface area contributed by atoms with Crippen molar-refractivity contribution >= 4 is 0 Å². The normalized spacial score (nSPS) is 16.4. The third-order valence-corrected chi connectivity index (χ3v) is 4.26. The summed E-state index contributed by atoms with van der Waals surface area (Å²) in [5.41, 5.74) is 0.970. The molecule has 8 heteroatoms. The van der Waals surface area contributed by atoms with E-state index in [2.05, 4.69) is 30.1 Å². The third kappa shape index (κ3) is 3.92. The SMILES string of the molecule is Cc1nc(CN2CCN(Cc3nc(-c4ccccc4)no3)CC2)no1. The van der Waals surface area contributed by atoms with Crippen LogP contribution in [-0.4, -0.2) is 56.3 Å². The number of hydrogen-bond acceptors (Lipinski definition) is 8. The number of aromatic nitrogens is 4. The molecule has 0 unspecified atom stereocenters. The molecule has 1 saturated heterocycles. The van der Waals surface area contributed by atoms with E-state index in [1.54, 1.807) is 0 Å². The highest BCUT2D eigenvalue weighted by atomic mass is 16.5. The van der Waals surface area contributed by atoms with E-state index in [9.17, 15) is 0 Å². The maximum Gasteiger partial charge on any atom is 0.241 e. The molecule has 1 aliphatic rings. The van der Waals surface area contributed by atoms with E-state index >= 15 is 0 Å². The maximum atomic E-state index is 5.40. The molecule has 130 valence electrons. The molecule has 3 heterocycles. The molecule has 0 N–H and O–H groups in total. The fourth-order valence-corrected chi connectivity index (χ4v) is 2.93. The Morgan fingerprint density at radius 3 is 2.28 bits per heavy atom. The van der Waals surface area contributed by atoms with E-state index in [1.165, 1.54) is 0 Å². The van der Waals surface area contributed by atoms with Gasteiger partial charge in [0.25, 0.3) is 0 Å². The first-order valence-electron chi connectivity index (χ1n) is 8.38. The third-order valence-electron chi connectivity index (χ3n) is 4.26. The van der Waals surface area contributed by atoms with Crippen LogP contribution < -0.4 is 0 Å². The van der Waals surface area contributed by atoms with Crippen LogP contribution in [0.15, 0.2) is 39.4 Å². The van der Waals surface area contributed by atoms with Crippen molar-refractivity contribution in [2.24, 2.45) is 0 Å². The number of hydrogen-bond donors (Lipinski definition) is 0. The van der Waals surface area contributed by atoms with Crippen LogP contribution in [0.3, 0.4) is 0 Å². The minimum absolute atomic E-state index is 0.610. The number of nitrogens with zero attached hydrogens (tertiary/aromatic N) is 6. The molecule has 2 aromatic heterocycles. The Balaban J connectivity index is 1.29. The van der Waals surface area contributed by atoms with Crippen molar-refractivity contribution in [3.8, 4) is 11.4 Å². The van der Waals surface area contributed by atoms with Crippen molar-refractivity contribution in [1.82, 2.24) is 30.1 Å². The molecular formula is C17H20N6O2. The minimum atomic E-state index is 0.610. The summed E-state index contributed by atoms with van der Waals surface area (Å²) in [5, 5.41) is 8.03. The Kier molecular flexibility index (Phi) is 4.53. The largest absolute Gasteiger partial charge is 0.340 e. The Hall–Kier alpha value is -2.58. The Labute approximate surface area is 145 Å². The van der Waals surface area contributed by atoms with Crippen LogP contribution in [0.2, 0.25) is 0 Å². The lowest BCUT2D eigenvalue weighted by atomic mass is 10.2. The quantitative estimate of drug-likeness (QED) is 0.694. The van der Waals surface area contributed by atoms with Gasteiger partial charge >= 0.3 is 0 Å². The smallest absolute Gasteiger partial charge is 0.241 e. The summed E-state index contributed by atoms with van der Waals surface area (Å²) in [7, 11) is 0. The van der Waals surface area contributed by atoms with Crippen LogP contribution in [0.1, 0.15) is 17.6 Å². The topological polar surface area (TPSA) is 84.3 Å². The molecule has 8 nitrogen and oxygen atoms in total. The Morgan fingerprint density at radius 2 is 1.60 bits per heavy atom. The lowest BCUT2D eigenvalue weighted by Gasteiger charge is -2.33. The van der Waals surface area contributed by atoms with Crippen LogP contribution in [0, 0.1) is 6.92 Å². The predicted molar refractivity (Wildman–Crippen MR) is 89.3 cm³/mol. The molecule has 4 rings (SSSR count). The van der Waals surface area contributed by atoms with Gasteiger partial charge in [0.15, 0.2) is 5.82 Å². The van der Waals surface area contributed by atoms with Crippen molar-refractivity contribution in [3.63, 3.8) is 0 Å². The van der Waals surface area contributed by atoms with Crippen molar-refractivity contribution in [2.45, 2.75) is 20.0 Å². The second kappa shape index (κ2) is 7.12. The van der Waals surface area contributed by atoms with Crippen LogP contribution in [-0.2, 0) is 13.1 Å². The van der Waals surface area contributed by atoms with Crippen molar-refractivity contribution < 1.29 is 9.05 Å². The molecule has 0 radical (unpaired) electrons. The molecule has 0 saturated carbocycles. The van der Waals surface area contributed by atoms with E-state index in [-0.39, 0.29) is 0 Å². The van der Waals surface area contributed by atoms with Crippen LogP contribution >= 0.6 is 0 Å². The average Bonchev–Trinajstić information content (AvgIpc) is 3.27. The van der Waals surface area contributed by atoms with E-state index < -0.39 is 0 Å². The van der Waals surface area contributed by atoms with Crippen LogP contribution in [0.4, 0.5) is 0 Å². The van der Waals surface area contributed by atoms with Gasteiger partial charge in [0.1, 0.15) is 0 Å². The van der Waals surface area contributed by atoms with Crippen molar-refractivity contribution in [2.75, 3.05) is 26.2 Å². The molecule has 0 amide bonds. The number of piperazine rings is 1. The maximum absolute atomic E-state index is 5.40. The first kappa shape index (κ1) is 15.9. The zero-order chi connectivity index (χ0) is 17.1. The molecule has 0 bridgehead atoms. The fraction of sp³-hybridized carbons (Fsp3) is 0.412. The fourth-order valence-electron chi connectivity index (χ4n) is 2.93.